The van der Waals surface area contributed by atoms with E-state index < -0.39 is 5.03 Å². The van der Waals surface area contributed by atoms with Gasteiger partial charge in [-0.05, 0) is 0 Å². The first kappa shape index (κ1) is 4.54. The standard InChI is InChI=1S/CN5O2/c7-6(8)5-1-2-3-4-5/q+1. The van der Waals surface area contributed by atoms with Gasteiger partial charge in [0.15, 0.2) is 10.3 Å². The Labute approximate surface area is 43.4 Å². The van der Waals surface area contributed by atoms with Crippen LogP contribution in [0, 0.1) is 10.1 Å². The monoisotopic (exact) mass is 114 g/mol. The van der Waals surface area contributed by atoms with Crippen molar-refractivity contribution in [1.82, 2.24) is 5.12 Å². The molecule has 0 aromatic carbocycles. The number of nitrogens with zero attached hydrogens (tertiary/aromatic N) is 5. The molecular weight excluding hydrogens is 114 g/mol. The molecule has 0 fully saturated rings. The number of hydrogen-bond donors (Lipinski definition) is 0. The third-order valence-electron chi connectivity index (χ3n) is 0.458. The van der Waals surface area contributed by atoms with Crippen molar-refractivity contribution in [2.24, 2.45) is 15.5 Å². The molecule has 7 heteroatoms. The van der Waals surface area contributed by atoms with Crippen LogP contribution in [-0.4, -0.2) is 16.5 Å². The molecule has 1 aliphatic rings. The molecule has 1 heterocycles. The van der Waals surface area contributed by atoms with Crippen molar-refractivity contribution in [2.75, 3.05) is 0 Å². The van der Waals surface area contributed by atoms with Crippen molar-refractivity contribution in [1.29, 1.82) is 0 Å². The van der Waals surface area contributed by atoms with E-state index in [0.29, 0.717) is 5.12 Å². The first-order valence-electron chi connectivity index (χ1n) is 1.61. The Balaban J connectivity index is 2.62. The van der Waals surface area contributed by atoms with Gasteiger partial charge in [0.25, 0.3) is 5.22 Å². The minimum absolute atomic E-state index is 0.292. The fraction of sp³-hybridized carbons (Fsp3) is 0. The molecule has 0 bridgehead atoms. The summed E-state index contributed by atoms with van der Waals surface area (Å²) in [6.45, 7) is 0. The Morgan fingerprint density at radius 2 is 2.50 bits per heavy atom. The maximum Gasteiger partial charge on any atom is 0.642 e. The lowest BCUT2D eigenvalue weighted by molar-refractivity contribution is -0.629. The number of nitro groups is 1. The van der Waals surface area contributed by atoms with Gasteiger partial charge in [-0.25, -0.2) is 0 Å². The predicted octanol–water partition coefficient (Wildman–Crippen LogP) is -0.319. The van der Waals surface area contributed by atoms with Crippen LogP contribution in [0.3, 0.4) is 0 Å². The molecule has 1 rings (SSSR count). The van der Waals surface area contributed by atoms with Crippen LogP contribution in [0.25, 0.3) is 0 Å². The van der Waals surface area contributed by atoms with Gasteiger partial charge in [0, 0.05) is 0 Å². The van der Waals surface area contributed by atoms with Crippen LogP contribution in [0.15, 0.2) is 15.5 Å². The van der Waals surface area contributed by atoms with Crippen LogP contribution in [0.1, 0.15) is 0 Å². The molecule has 40 valence electrons. The molecule has 0 atom stereocenters. The zero-order valence-electron chi connectivity index (χ0n) is 3.55. The molecule has 0 spiro atoms. The zero-order valence-corrected chi connectivity index (χ0v) is 3.55. The minimum atomic E-state index is -0.792. The summed E-state index contributed by atoms with van der Waals surface area (Å²) >= 11 is 0. The highest BCUT2D eigenvalue weighted by molar-refractivity contribution is 5.52. The molecule has 7 nitrogen and oxygen atoms in total. The summed E-state index contributed by atoms with van der Waals surface area (Å²) in [7, 11) is 0. The molecule has 0 radical (unpaired) electrons. The van der Waals surface area contributed by atoms with Crippen molar-refractivity contribution in [3.8, 4) is 0 Å². The molecule has 0 aromatic heterocycles. The van der Waals surface area contributed by atoms with E-state index in [1.807, 2.05) is 6.34 Å². The van der Waals surface area contributed by atoms with E-state index in [0.717, 1.165) is 0 Å². The summed E-state index contributed by atoms with van der Waals surface area (Å²) in [5.41, 5.74) is 0. The summed E-state index contributed by atoms with van der Waals surface area (Å²) < 4.78 is 0. The van der Waals surface area contributed by atoms with Gasteiger partial charge < -0.3 is 10.1 Å². The van der Waals surface area contributed by atoms with E-state index in [-0.39, 0.29) is 0 Å². The largest absolute Gasteiger partial charge is 0.642 e. The van der Waals surface area contributed by atoms with E-state index in [4.69, 9.17) is 0 Å². The summed E-state index contributed by atoms with van der Waals surface area (Å²) in [4.78, 5) is 9.66. The predicted molar refractivity (Wildman–Crippen MR) is 21.1 cm³/mol. The highest BCUT2D eigenvalue weighted by Crippen LogP contribution is 1.93. The van der Waals surface area contributed by atoms with E-state index in [1.54, 1.807) is 0 Å². The first-order valence-corrected chi connectivity index (χ1v) is 1.61. The van der Waals surface area contributed by atoms with Gasteiger partial charge in [-0.2, -0.15) is 0 Å². The third-order valence-corrected chi connectivity index (χ3v) is 0.458. The molecule has 8 heavy (non-hydrogen) atoms. The SMILES string of the molecule is O=[N+]([O-])N1[C+]=NN=N1. The summed E-state index contributed by atoms with van der Waals surface area (Å²) in [5.74, 6) is 0. The first-order chi connectivity index (χ1) is 3.80. The van der Waals surface area contributed by atoms with Crippen LogP contribution in [0.5, 0.6) is 0 Å². The van der Waals surface area contributed by atoms with Gasteiger partial charge in [0.05, 0.1) is 0 Å². The number of rotatable bonds is 1. The van der Waals surface area contributed by atoms with E-state index >= 15 is 0 Å². The summed E-state index contributed by atoms with van der Waals surface area (Å²) in [5, 5.41) is 18.0. The molecule has 0 aromatic rings. The fourth-order valence-electron chi connectivity index (χ4n) is 0.207. The smallest absolute Gasteiger partial charge is 0.336 e. The maximum atomic E-state index is 9.66. The fourth-order valence-corrected chi connectivity index (χ4v) is 0.207. The highest BCUT2D eigenvalue weighted by Gasteiger charge is 2.33. The van der Waals surface area contributed by atoms with Gasteiger partial charge >= 0.3 is 11.5 Å². The van der Waals surface area contributed by atoms with Crippen molar-refractivity contribution in [3.63, 3.8) is 0 Å². The summed E-state index contributed by atoms with van der Waals surface area (Å²) in [6.07, 6.45) is 1.88. The van der Waals surface area contributed by atoms with Gasteiger partial charge in [0.2, 0.25) is 0 Å². The third kappa shape index (κ3) is 0.569. The lowest BCUT2D eigenvalue weighted by Crippen LogP contribution is -2.19. The van der Waals surface area contributed by atoms with Crippen LogP contribution in [0.4, 0.5) is 0 Å². The molecule has 0 saturated heterocycles. The minimum Gasteiger partial charge on any atom is -0.336 e. The van der Waals surface area contributed by atoms with Crippen LogP contribution >= 0.6 is 0 Å². The Morgan fingerprint density at radius 3 is 2.75 bits per heavy atom. The lowest BCUT2D eigenvalue weighted by atomic mass is 11.3. The molecule has 0 aliphatic carbocycles. The molecular formula is CN5O2+. The quantitative estimate of drug-likeness (QED) is 0.266. The Hall–Kier alpha value is -1.62. The van der Waals surface area contributed by atoms with Gasteiger partial charge in [-0.1, -0.05) is 0 Å². The average Bonchev–Trinajstić information content (AvgIpc) is 2.12. The van der Waals surface area contributed by atoms with E-state index in [2.05, 4.69) is 15.5 Å². The second-order valence-corrected chi connectivity index (χ2v) is 0.906. The maximum absolute atomic E-state index is 9.66. The number of hydrazine groups is 1. The Bertz CT molecular complexity index is 148. The Morgan fingerprint density at radius 1 is 1.75 bits per heavy atom. The van der Waals surface area contributed by atoms with Crippen molar-refractivity contribution >= 4 is 6.34 Å². The second kappa shape index (κ2) is 1.47. The van der Waals surface area contributed by atoms with Gasteiger partial charge in [-0.15, -0.1) is 0 Å². The second-order valence-electron chi connectivity index (χ2n) is 0.906. The average molecular weight is 114 g/mol. The summed E-state index contributed by atoms with van der Waals surface area (Å²) in [6, 6.07) is 0. The molecule has 0 N–H and O–H groups in total. The van der Waals surface area contributed by atoms with E-state index in [1.165, 1.54) is 0 Å². The van der Waals surface area contributed by atoms with Crippen LogP contribution in [-0.2, 0) is 0 Å². The molecule has 0 amide bonds. The lowest BCUT2D eigenvalue weighted by Gasteiger charge is -1.80. The normalized spacial score (nSPS) is 14.2. The van der Waals surface area contributed by atoms with Gasteiger partial charge in [-0.3, -0.25) is 0 Å². The van der Waals surface area contributed by atoms with Crippen LogP contribution < -0.4 is 0 Å². The van der Waals surface area contributed by atoms with E-state index in [9.17, 15) is 10.1 Å². The molecule has 0 unspecified atom stereocenters. The van der Waals surface area contributed by atoms with Crippen molar-refractivity contribution < 1.29 is 5.03 Å². The van der Waals surface area contributed by atoms with Crippen molar-refractivity contribution in [2.45, 2.75) is 0 Å². The number of hydrogen-bond acceptors (Lipinski definition) is 5. The van der Waals surface area contributed by atoms with Gasteiger partial charge in [0.1, 0.15) is 5.03 Å². The molecule has 1 aliphatic heterocycles. The highest BCUT2D eigenvalue weighted by atomic mass is 16.7. The topological polar surface area (TPSA) is 83.5 Å². The molecule has 0 saturated carbocycles. The Kier molecular flexibility index (Phi) is 0.833. The zero-order chi connectivity index (χ0) is 5.98. The van der Waals surface area contributed by atoms with Crippen LogP contribution in [0.2, 0.25) is 0 Å². The van der Waals surface area contributed by atoms with Crippen molar-refractivity contribution in [3.05, 3.63) is 10.1 Å².